The predicted molar refractivity (Wildman–Crippen MR) is 83.5 cm³/mol. The number of hydrogen-bond acceptors (Lipinski definition) is 4. The maximum absolute atomic E-state index is 8.97. The zero-order chi connectivity index (χ0) is 14.8. The summed E-state index contributed by atoms with van der Waals surface area (Å²) in [5.41, 5.74) is 3.78. The number of benzene rings is 2. The van der Waals surface area contributed by atoms with Gasteiger partial charge in [-0.2, -0.15) is 5.26 Å². The highest BCUT2D eigenvalue weighted by Crippen LogP contribution is 2.37. The summed E-state index contributed by atoms with van der Waals surface area (Å²) in [7, 11) is 0. The number of nitrogens with one attached hydrogen (secondary N) is 1. The fourth-order valence-corrected chi connectivity index (χ4v) is 2.63. The van der Waals surface area contributed by atoms with Crippen molar-refractivity contribution >= 4 is 21.6 Å². The molecule has 2 aromatic carbocycles. The Morgan fingerprint density at radius 2 is 2.00 bits per heavy atom. The molecule has 1 N–H and O–H groups in total. The van der Waals surface area contributed by atoms with Gasteiger partial charge in [-0.1, -0.05) is 22.0 Å². The number of aryl methyl sites for hydroxylation is 1. The zero-order valence-electron chi connectivity index (χ0n) is 11.4. The Labute approximate surface area is 131 Å². The Kier molecular flexibility index (Phi) is 3.72. The second-order valence-electron chi connectivity index (χ2n) is 4.79. The van der Waals surface area contributed by atoms with Gasteiger partial charge in [0.1, 0.15) is 0 Å². The third-order valence-corrected chi connectivity index (χ3v) is 4.12. The van der Waals surface area contributed by atoms with E-state index in [1.165, 1.54) is 0 Å². The summed E-state index contributed by atoms with van der Waals surface area (Å²) in [6, 6.07) is 11.6. The molecule has 0 radical (unpaired) electrons. The van der Waals surface area contributed by atoms with Gasteiger partial charge < -0.3 is 14.8 Å². The molecule has 1 heterocycles. The van der Waals surface area contributed by atoms with Crippen molar-refractivity contribution in [2.24, 2.45) is 0 Å². The van der Waals surface area contributed by atoms with Crippen LogP contribution in [-0.4, -0.2) is 6.79 Å². The Balaban J connectivity index is 1.81. The number of nitrogens with zero attached hydrogens (tertiary/aromatic N) is 1. The molecule has 0 amide bonds. The number of hydrogen-bond donors (Lipinski definition) is 1. The molecule has 0 atom stereocenters. The van der Waals surface area contributed by atoms with Crippen LogP contribution in [0.1, 0.15) is 16.7 Å². The van der Waals surface area contributed by atoms with E-state index in [1.54, 1.807) is 0 Å². The van der Waals surface area contributed by atoms with Crippen molar-refractivity contribution in [3.8, 4) is 17.6 Å². The fraction of sp³-hybridized carbons (Fsp3) is 0.188. The van der Waals surface area contributed by atoms with Crippen molar-refractivity contribution in [2.45, 2.75) is 13.5 Å². The summed E-state index contributed by atoms with van der Waals surface area (Å²) in [6.45, 7) is 2.91. The molecule has 1 aliphatic rings. The fourth-order valence-electron chi connectivity index (χ4n) is 2.17. The lowest BCUT2D eigenvalue weighted by atomic mass is 10.1. The SMILES string of the molecule is Cc1ccc(C#N)cc1NCc1cc2c(cc1Br)OCO2. The van der Waals surface area contributed by atoms with Crippen molar-refractivity contribution < 1.29 is 9.47 Å². The summed E-state index contributed by atoms with van der Waals surface area (Å²) in [4.78, 5) is 0. The van der Waals surface area contributed by atoms with Gasteiger partial charge in [-0.15, -0.1) is 0 Å². The number of ether oxygens (including phenoxy) is 2. The van der Waals surface area contributed by atoms with Crippen LogP contribution < -0.4 is 14.8 Å². The highest BCUT2D eigenvalue weighted by atomic mass is 79.9. The van der Waals surface area contributed by atoms with Gasteiger partial charge >= 0.3 is 0 Å². The van der Waals surface area contributed by atoms with Gasteiger partial charge in [0.05, 0.1) is 11.6 Å². The summed E-state index contributed by atoms with van der Waals surface area (Å²) in [5.74, 6) is 1.52. The summed E-state index contributed by atoms with van der Waals surface area (Å²) in [6.07, 6.45) is 0. The van der Waals surface area contributed by atoms with Crippen LogP contribution in [0.4, 0.5) is 5.69 Å². The van der Waals surface area contributed by atoms with Crippen LogP contribution in [-0.2, 0) is 6.54 Å². The molecule has 21 heavy (non-hydrogen) atoms. The first-order chi connectivity index (χ1) is 10.2. The molecule has 0 aromatic heterocycles. The molecule has 2 aromatic rings. The first-order valence-electron chi connectivity index (χ1n) is 6.50. The number of rotatable bonds is 3. The van der Waals surface area contributed by atoms with Gasteiger partial charge in [0, 0.05) is 16.7 Å². The van der Waals surface area contributed by atoms with Crippen molar-refractivity contribution in [3.05, 3.63) is 51.5 Å². The molecule has 0 fully saturated rings. The van der Waals surface area contributed by atoms with E-state index in [0.717, 1.165) is 32.8 Å². The van der Waals surface area contributed by atoms with Crippen LogP contribution in [0.5, 0.6) is 11.5 Å². The van der Waals surface area contributed by atoms with Crippen LogP contribution >= 0.6 is 15.9 Å². The Bertz CT molecular complexity index is 738. The van der Waals surface area contributed by atoms with Crippen molar-refractivity contribution in [3.63, 3.8) is 0 Å². The molecule has 1 aliphatic heterocycles. The largest absolute Gasteiger partial charge is 0.454 e. The van der Waals surface area contributed by atoms with Crippen LogP contribution in [0, 0.1) is 18.3 Å². The smallest absolute Gasteiger partial charge is 0.231 e. The van der Waals surface area contributed by atoms with Crippen LogP contribution in [0.25, 0.3) is 0 Å². The summed E-state index contributed by atoms with van der Waals surface area (Å²) < 4.78 is 11.7. The van der Waals surface area contributed by atoms with Gasteiger partial charge in [0.25, 0.3) is 0 Å². The lowest BCUT2D eigenvalue weighted by Gasteiger charge is -2.12. The second kappa shape index (κ2) is 5.66. The molecule has 0 saturated heterocycles. The molecule has 3 rings (SSSR count). The van der Waals surface area contributed by atoms with E-state index >= 15 is 0 Å². The Morgan fingerprint density at radius 3 is 2.76 bits per heavy atom. The second-order valence-corrected chi connectivity index (χ2v) is 5.65. The first kappa shape index (κ1) is 13.8. The zero-order valence-corrected chi connectivity index (χ0v) is 13.0. The maximum Gasteiger partial charge on any atom is 0.231 e. The van der Waals surface area contributed by atoms with Gasteiger partial charge in [-0.05, 0) is 42.3 Å². The standard InChI is InChI=1S/C16H13BrN2O2/c1-10-2-3-11(7-18)4-14(10)19-8-12-5-15-16(6-13(12)17)21-9-20-15/h2-6,19H,8-9H2,1H3. The van der Waals surface area contributed by atoms with E-state index < -0.39 is 0 Å². The van der Waals surface area contributed by atoms with Crippen molar-refractivity contribution in [2.75, 3.05) is 12.1 Å². The highest BCUT2D eigenvalue weighted by molar-refractivity contribution is 9.10. The van der Waals surface area contributed by atoms with E-state index in [2.05, 4.69) is 27.3 Å². The Morgan fingerprint density at radius 1 is 1.24 bits per heavy atom. The van der Waals surface area contributed by atoms with Crippen LogP contribution in [0.3, 0.4) is 0 Å². The molecule has 4 nitrogen and oxygen atoms in total. The van der Waals surface area contributed by atoms with Gasteiger partial charge in [0.2, 0.25) is 6.79 Å². The number of anilines is 1. The Hall–Kier alpha value is -2.19. The third-order valence-electron chi connectivity index (χ3n) is 3.38. The lowest BCUT2D eigenvalue weighted by molar-refractivity contribution is 0.174. The normalized spacial score (nSPS) is 12.0. The van der Waals surface area contributed by atoms with E-state index in [-0.39, 0.29) is 6.79 Å². The molecule has 106 valence electrons. The summed E-state index contributed by atoms with van der Waals surface area (Å²) in [5, 5.41) is 12.3. The van der Waals surface area contributed by atoms with E-state index in [1.807, 2.05) is 37.3 Å². The molecule has 0 saturated carbocycles. The lowest BCUT2D eigenvalue weighted by Crippen LogP contribution is -2.02. The van der Waals surface area contributed by atoms with Crippen molar-refractivity contribution in [1.29, 1.82) is 5.26 Å². The van der Waals surface area contributed by atoms with Crippen LogP contribution in [0.15, 0.2) is 34.8 Å². The minimum absolute atomic E-state index is 0.266. The summed E-state index contributed by atoms with van der Waals surface area (Å²) >= 11 is 3.54. The molecule has 5 heteroatoms. The number of fused-ring (bicyclic) bond motifs is 1. The van der Waals surface area contributed by atoms with Crippen LogP contribution in [0.2, 0.25) is 0 Å². The van der Waals surface area contributed by atoms with Crippen molar-refractivity contribution in [1.82, 2.24) is 0 Å². The number of halogens is 1. The van der Waals surface area contributed by atoms with E-state index in [9.17, 15) is 0 Å². The van der Waals surface area contributed by atoms with E-state index in [0.29, 0.717) is 12.1 Å². The molecular formula is C16H13BrN2O2. The maximum atomic E-state index is 8.97. The average molecular weight is 345 g/mol. The topological polar surface area (TPSA) is 54.3 Å². The molecular weight excluding hydrogens is 332 g/mol. The molecule has 0 spiro atoms. The monoisotopic (exact) mass is 344 g/mol. The highest BCUT2D eigenvalue weighted by Gasteiger charge is 2.16. The quantitative estimate of drug-likeness (QED) is 0.915. The first-order valence-corrected chi connectivity index (χ1v) is 7.29. The predicted octanol–water partition coefficient (Wildman–Crippen LogP) is 3.97. The van der Waals surface area contributed by atoms with Gasteiger partial charge in [-0.25, -0.2) is 0 Å². The minimum atomic E-state index is 0.266. The van der Waals surface area contributed by atoms with Gasteiger partial charge in [0.15, 0.2) is 11.5 Å². The minimum Gasteiger partial charge on any atom is -0.454 e. The molecule has 0 bridgehead atoms. The average Bonchev–Trinajstić information content (AvgIpc) is 2.93. The third kappa shape index (κ3) is 2.81. The molecule has 0 aliphatic carbocycles. The van der Waals surface area contributed by atoms with E-state index in [4.69, 9.17) is 14.7 Å². The van der Waals surface area contributed by atoms with Gasteiger partial charge in [-0.3, -0.25) is 0 Å². The number of nitriles is 1. The molecule has 0 unspecified atom stereocenters.